The fourth-order valence-corrected chi connectivity index (χ4v) is 6.16. The molecule has 0 saturated carbocycles. The predicted octanol–water partition coefficient (Wildman–Crippen LogP) is 7.38. The lowest BCUT2D eigenvalue weighted by Crippen LogP contribution is -2.11. The maximum absolute atomic E-state index is 10.7. The summed E-state index contributed by atoms with van der Waals surface area (Å²) in [6.07, 6.45) is 1.77. The summed E-state index contributed by atoms with van der Waals surface area (Å²) in [4.78, 5) is 10.0. The summed E-state index contributed by atoms with van der Waals surface area (Å²) in [5.74, 6) is 1.53. The van der Waals surface area contributed by atoms with E-state index in [0.717, 1.165) is 55.7 Å². The summed E-state index contributed by atoms with van der Waals surface area (Å²) in [5, 5.41) is 10.7. The van der Waals surface area contributed by atoms with E-state index in [1.807, 2.05) is 60.7 Å². The maximum Gasteiger partial charge on any atom is 0.220 e. The van der Waals surface area contributed by atoms with Gasteiger partial charge in [-0.1, -0.05) is 55.1 Å². The SMILES string of the molecule is C=CC(=C(C#N)C(C)n1c2ccccc2n2c3ccccc3nc12)n1c2ccccc2n2c3ccccc3nc12. The Kier molecular flexibility index (Phi) is 4.58. The third kappa shape index (κ3) is 2.82. The Balaban J connectivity index is 1.47. The number of aromatic nitrogens is 6. The minimum Gasteiger partial charge on any atom is -0.301 e. The van der Waals surface area contributed by atoms with Crippen LogP contribution in [0.1, 0.15) is 13.0 Å². The summed E-state index contributed by atoms with van der Waals surface area (Å²) in [6, 6.07) is 34.9. The highest BCUT2D eigenvalue weighted by molar-refractivity contribution is 5.95. The molecule has 7 heteroatoms. The zero-order chi connectivity index (χ0) is 27.0. The highest BCUT2D eigenvalue weighted by Crippen LogP contribution is 2.36. The molecule has 8 rings (SSSR count). The van der Waals surface area contributed by atoms with Gasteiger partial charge in [-0.05, 0) is 61.5 Å². The standard InChI is InChI=1S/C33H23N7/c1-3-25(38-30-18-10-11-19-31(30)40-27-15-7-5-13-24(27)36-33(38)40)22(20-34)21(2)37-28-16-8-9-17-29(28)39-26-14-6-4-12-23(26)35-32(37)39/h3-19,21H,1H2,2H3. The smallest absolute Gasteiger partial charge is 0.220 e. The number of imidazole rings is 4. The zero-order valence-corrected chi connectivity index (χ0v) is 21.7. The molecule has 0 fully saturated rings. The minimum atomic E-state index is -0.345. The molecule has 1 atom stereocenters. The van der Waals surface area contributed by atoms with Crippen LogP contribution in [0.2, 0.25) is 0 Å². The molecule has 4 aromatic heterocycles. The third-order valence-electron chi connectivity index (χ3n) is 7.88. The van der Waals surface area contributed by atoms with Crippen LogP contribution >= 0.6 is 0 Å². The van der Waals surface area contributed by atoms with Crippen molar-refractivity contribution < 1.29 is 0 Å². The van der Waals surface area contributed by atoms with E-state index in [1.54, 1.807) is 6.08 Å². The van der Waals surface area contributed by atoms with Crippen LogP contribution in [0.5, 0.6) is 0 Å². The van der Waals surface area contributed by atoms with Gasteiger partial charge in [-0.3, -0.25) is 13.4 Å². The number of hydrogen-bond acceptors (Lipinski definition) is 3. The van der Waals surface area contributed by atoms with Crippen molar-refractivity contribution in [2.24, 2.45) is 0 Å². The van der Waals surface area contributed by atoms with Crippen molar-refractivity contribution in [2.45, 2.75) is 13.0 Å². The average molecular weight is 518 g/mol. The van der Waals surface area contributed by atoms with Crippen LogP contribution in [0.15, 0.2) is 115 Å². The molecule has 4 aromatic carbocycles. The summed E-state index contributed by atoms with van der Waals surface area (Å²) >= 11 is 0. The maximum atomic E-state index is 10.7. The topological polar surface area (TPSA) is 68.2 Å². The molecule has 0 spiro atoms. The molecule has 0 bridgehead atoms. The number of nitriles is 1. The molecule has 0 saturated heterocycles. The Bertz CT molecular complexity index is 2380. The van der Waals surface area contributed by atoms with Crippen molar-refractivity contribution in [1.29, 1.82) is 5.26 Å². The summed E-state index contributed by atoms with van der Waals surface area (Å²) in [7, 11) is 0. The fraction of sp³-hybridized carbons (Fsp3) is 0.0606. The second-order valence-corrected chi connectivity index (χ2v) is 9.95. The molecule has 1 unspecified atom stereocenters. The quantitative estimate of drug-likeness (QED) is 0.181. The molecule has 0 aliphatic rings. The van der Waals surface area contributed by atoms with Crippen LogP contribution in [0, 0.1) is 11.3 Å². The van der Waals surface area contributed by atoms with E-state index >= 15 is 0 Å². The number of hydrogen-bond donors (Lipinski definition) is 0. The van der Waals surface area contributed by atoms with Crippen LogP contribution in [0.4, 0.5) is 0 Å². The Morgan fingerprint density at radius 1 is 0.700 bits per heavy atom. The van der Waals surface area contributed by atoms with Crippen molar-refractivity contribution in [3.05, 3.63) is 115 Å². The lowest BCUT2D eigenvalue weighted by Gasteiger charge is -2.18. The van der Waals surface area contributed by atoms with Gasteiger partial charge in [-0.15, -0.1) is 0 Å². The lowest BCUT2D eigenvalue weighted by molar-refractivity contribution is 0.675. The highest BCUT2D eigenvalue weighted by atomic mass is 15.2. The van der Waals surface area contributed by atoms with Crippen LogP contribution in [0.25, 0.3) is 61.4 Å². The molecule has 4 heterocycles. The number of allylic oxidation sites excluding steroid dienone is 3. The minimum absolute atomic E-state index is 0.345. The molecule has 7 nitrogen and oxygen atoms in total. The van der Waals surface area contributed by atoms with Gasteiger partial charge in [0.15, 0.2) is 0 Å². The largest absolute Gasteiger partial charge is 0.301 e. The van der Waals surface area contributed by atoms with E-state index in [2.05, 4.69) is 73.9 Å². The van der Waals surface area contributed by atoms with Gasteiger partial charge in [-0.2, -0.15) is 5.26 Å². The van der Waals surface area contributed by atoms with Crippen LogP contribution < -0.4 is 0 Å². The lowest BCUT2D eigenvalue weighted by atomic mass is 10.1. The Hall–Kier alpha value is -5.61. The van der Waals surface area contributed by atoms with Crippen molar-refractivity contribution in [3.8, 4) is 6.07 Å². The first-order valence-electron chi connectivity index (χ1n) is 13.2. The third-order valence-corrected chi connectivity index (χ3v) is 7.88. The normalized spacial score (nSPS) is 13.5. The Labute approximate surface area is 228 Å². The molecule has 0 radical (unpaired) electrons. The van der Waals surface area contributed by atoms with Gasteiger partial charge in [0.25, 0.3) is 0 Å². The van der Waals surface area contributed by atoms with Crippen molar-refractivity contribution in [1.82, 2.24) is 27.9 Å². The molecule has 40 heavy (non-hydrogen) atoms. The number of rotatable bonds is 4. The van der Waals surface area contributed by atoms with Gasteiger partial charge in [0.2, 0.25) is 11.6 Å². The second-order valence-electron chi connectivity index (χ2n) is 9.95. The van der Waals surface area contributed by atoms with E-state index in [-0.39, 0.29) is 6.04 Å². The second kappa shape index (κ2) is 8.19. The van der Waals surface area contributed by atoms with E-state index in [1.165, 1.54) is 0 Å². The number of para-hydroxylation sites is 8. The van der Waals surface area contributed by atoms with Gasteiger partial charge in [-0.25, -0.2) is 9.97 Å². The monoisotopic (exact) mass is 517 g/mol. The first-order valence-corrected chi connectivity index (χ1v) is 13.2. The molecular formula is C33H23N7. The predicted molar refractivity (Wildman–Crippen MR) is 160 cm³/mol. The van der Waals surface area contributed by atoms with Crippen molar-refractivity contribution >= 4 is 61.4 Å². The number of nitrogens with zero attached hydrogens (tertiary/aromatic N) is 7. The molecule has 8 aromatic rings. The summed E-state index contributed by atoms with van der Waals surface area (Å²) in [5.41, 5.74) is 9.16. The van der Waals surface area contributed by atoms with Crippen LogP contribution in [-0.4, -0.2) is 27.9 Å². The molecule has 190 valence electrons. The van der Waals surface area contributed by atoms with E-state index in [9.17, 15) is 5.26 Å². The van der Waals surface area contributed by atoms with Crippen LogP contribution in [-0.2, 0) is 0 Å². The van der Waals surface area contributed by atoms with Crippen molar-refractivity contribution in [2.75, 3.05) is 0 Å². The van der Waals surface area contributed by atoms with Crippen molar-refractivity contribution in [3.63, 3.8) is 0 Å². The van der Waals surface area contributed by atoms with Gasteiger partial charge in [0.1, 0.15) is 0 Å². The van der Waals surface area contributed by atoms with Crippen LogP contribution in [0.3, 0.4) is 0 Å². The first-order chi connectivity index (χ1) is 19.7. The number of benzene rings is 4. The highest BCUT2D eigenvalue weighted by Gasteiger charge is 2.26. The van der Waals surface area contributed by atoms with E-state index in [4.69, 9.17) is 9.97 Å². The summed E-state index contributed by atoms with van der Waals surface area (Å²) < 4.78 is 8.54. The first kappa shape index (κ1) is 22.4. The molecular weight excluding hydrogens is 494 g/mol. The molecule has 0 aliphatic heterocycles. The van der Waals surface area contributed by atoms with Gasteiger partial charge in [0, 0.05) is 0 Å². The van der Waals surface area contributed by atoms with E-state index in [0.29, 0.717) is 11.3 Å². The van der Waals surface area contributed by atoms with Gasteiger partial charge < -0.3 is 4.57 Å². The van der Waals surface area contributed by atoms with Gasteiger partial charge in [0.05, 0.1) is 67.5 Å². The molecule has 0 amide bonds. The summed E-state index contributed by atoms with van der Waals surface area (Å²) in [6.45, 7) is 6.23. The van der Waals surface area contributed by atoms with Gasteiger partial charge >= 0.3 is 0 Å². The van der Waals surface area contributed by atoms with E-state index < -0.39 is 0 Å². The Morgan fingerprint density at radius 3 is 1.77 bits per heavy atom. The molecule has 0 aliphatic carbocycles. The molecule has 0 N–H and O–H groups in total. The Morgan fingerprint density at radius 2 is 1.18 bits per heavy atom. The number of fused-ring (bicyclic) bond motifs is 10. The fourth-order valence-electron chi connectivity index (χ4n) is 6.16. The average Bonchev–Trinajstić information content (AvgIpc) is 3.72. The zero-order valence-electron chi connectivity index (χ0n) is 21.7.